The number of rotatable bonds is 10. The number of amides is 3. The van der Waals surface area contributed by atoms with Crippen molar-refractivity contribution in [3.05, 3.63) is 58.3 Å². The van der Waals surface area contributed by atoms with E-state index in [1.807, 2.05) is 0 Å². The van der Waals surface area contributed by atoms with Crippen LogP contribution in [0.4, 0.5) is 0 Å². The molecule has 3 rings (SSSR count). The summed E-state index contributed by atoms with van der Waals surface area (Å²) in [6, 6.07) is 11.7. The zero-order valence-corrected chi connectivity index (χ0v) is 17.6. The van der Waals surface area contributed by atoms with E-state index >= 15 is 0 Å². The van der Waals surface area contributed by atoms with Gasteiger partial charge in [-0.15, -0.1) is 0 Å². The molecular formula is C23H26N4O5. The Bertz CT molecular complexity index is 1190. The Hall–Kier alpha value is -3.72. The number of hydrogen-bond acceptors (Lipinski definition) is 6. The number of nitrogens with one attached hydrogen (secondary N) is 3. The van der Waals surface area contributed by atoms with E-state index in [0.29, 0.717) is 47.0 Å². The zero-order valence-electron chi connectivity index (χ0n) is 17.6. The number of carbonyl (C=O) groups is 3. The summed E-state index contributed by atoms with van der Waals surface area (Å²) < 4.78 is 5.75. The molecule has 0 radical (unpaired) electrons. The molecule has 0 atom stereocenters. The van der Waals surface area contributed by atoms with Gasteiger partial charge in [-0.05, 0) is 36.8 Å². The maximum atomic E-state index is 12.7. The molecule has 0 saturated heterocycles. The summed E-state index contributed by atoms with van der Waals surface area (Å²) >= 11 is 0. The molecule has 0 aliphatic rings. The fraction of sp³-hybridized carbons (Fsp3) is 0.304. The van der Waals surface area contributed by atoms with Crippen molar-refractivity contribution in [2.75, 3.05) is 26.2 Å². The summed E-state index contributed by atoms with van der Waals surface area (Å²) in [5.74, 6) is -0.672. The normalized spacial score (nSPS) is 10.8. The summed E-state index contributed by atoms with van der Waals surface area (Å²) in [6.07, 6.45) is 0.953. The number of fused-ring (bicyclic) bond motifs is 2. The van der Waals surface area contributed by atoms with Gasteiger partial charge in [-0.3, -0.25) is 19.2 Å². The van der Waals surface area contributed by atoms with E-state index in [0.717, 1.165) is 0 Å². The smallest absolute Gasteiger partial charge is 0.251 e. The molecule has 168 valence electrons. The monoisotopic (exact) mass is 438 g/mol. The fourth-order valence-electron chi connectivity index (χ4n) is 3.19. The second-order valence-electron chi connectivity index (χ2n) is 7.24. The van der Waals surface area contributed by atoms with E-state index in [-0.39, 0.29) is 49.1 Å². The van der Waals surface area contributed by atoms with E-state index in [4.69, 9.17) is 10.2 Å². The highest BCUT2D eigenvalue weighted by Crippen LogP contribution is 2.19. The lowest BCUT2D eigenvalue weighted by atomic mass is 10.1. The third-order valence-electron chi connectivity index (χ3n) is 4.84. The first-order chi connectivity index (χ1) is 15.5. The van der Waals surface area contributed by atoms with Crippen molar-refractivity contribution in [1.82, 2.24) is 16.0 Å². The van der Waals surface area contributed by atoms with E-state index in [1.165, 1.54) is 6.07 Å². The number of benzene rings is 2. The summed E-state index contributed by atoms with van der Waals surface area (Å²) in [7, 11) is 0. The second kappa shape index (κ2) is 11.1. The summed E-state index contributed by atoms with van der Waals surface area (Å²) in [5, 5.41) is 8.93. The van der Waals surface area contributed by atoms with Gasteiger partial charge >= 0.3 is 0 Å². The lowest BCUT2D eigenvalue weighted by molar-refractivity contribution is -0.122. The quantitative estimate of drug-likeness (QED) is 0.275. The van der Waals surface area contributed by atoms with Crippen molar-refractivity contribution in [1.29, 1.82) is 0 Å². The summed E-state index contributed by atoms with van der Waals surface area (Å²) in [5.41, 5.74) is 6.38. The van der Waals surface area contributed by atoms with Crippen LogP contribution in [-0.2, 0) is 9.59 Å². The molecule has 32 heavy (non-hydrogen) atoms. The van der Waals surface area contributed by atoms with Gasteiger partial charge in [-0.25, -0.2) is 0 Å². The Balaban J connectivity index is 1.45. The third-order valence-corrected chi connectivity index (χ3v) is 4.84. The number of hydrogen-bond donors (Lipinski definition) is 4. The molecule has 5 N–H and O–H groups in total. The SMILES string of the molecule is NCCC(=O)NCCC(=O)NCCCNC(=O)c1ccc2oc3ccccc3c(=O)c2c1. The highest BCUT2D eigenvalue weighted by molar-refractivity contribution is 5.99. The molecule has 1 aromatic heterocycles. The largest absolute Gasteiger partial charge is 0.456 e. The fourth-order valence-corrected chi connectivity index (χ4v) is 3.19. The van der Waals surface area contributed by atoms with Crippen LogP contribution >= 0.6 is 0 Å². The highest BCUT2D eigenvalue weighted by atomic mass is 16.3. The Labute approximate surface area is 184 Å². The van der Waals surface area contributed by atoms with Crippen LogP contribution in [0.1, 0.15) is 29.6 Å². The van der Waals surface area contributed by atoms with Gasteiger partial charge in [0.2, 0.25) is 17.2 Å². The first-order valence-electron chi connectivity index (χ1n) is 10.5. The summed E-state index contributed by atoms with van der Waals surface area (Å²) in [6.45, 7) is 1.28. The van der Waals surface area contributed by atoms with Crippen LogP contribution in [0.25, 0.3) is 21.9 Å². The Morgan fingerprint density at radius 2 is 1.50 bits per heavy atom. The van der Waals surface area contributed by atoms with Crippen molar-refractivity contribution < 1.29 is 18.8 Å². The Kier molecular flexibility index (Phi) is 7.93. The molecule has 9 nitrogen and oxygen atoms in total. The first-order valence-corrected chi connectivity index (χ1v) is 10.5. The average molecular weight is 438 g/mol. The lowest BCUT2D eigenvalue weighted by Gasteiger charge is -2.08. The van der Waals surface area contributed by atoms with Crippen molar-refractivity contribution in [3.63, 3.8) is 0 Å². The number of nitrogens with two attached hydrogens (primary N) is 1. The Morgan fingerprint density at radius 1 is 0.812 bits per heavy atom. The molecule has 3 aromatic rings. The molecule has 0 saturated carbocycles. The first kappa shape index (κ1) is 23.0. The van der Waals surface area contributed by atoms with E-state index in [9.17, 15) is 19.2 Å². The minimum atomic E-state index is -0.312. The van der Waals surface area contributed by atoms with E-state index in [2.05, 4.69) is 16.0 Å². The molecule has 0 aliphatic heterocycles. The van der Waals surface area contributed by atoms with Crippen LogP contribution in [0.3, 0.4) is 0 Å². The Morgan fingerprint density at radius 3 is 2.31 bits per heavy atom. The van der Waals surface area contributed by atoms with E-state index in [1.54, 1.807) is 36.4 Å². The lowest BCUT2D eigenvalue weighted by Crippen LogP contribution is -2.33. The molecule has 1 heterocycles. The molecule has 0 aliphatic carbocycles. The highest BCUT2D eigenvalue weighted by Gasteiger charge is 2.11. The minimum absolute atomic E-state index is 0.178. The van der Waals surface area contributed by atoms with Gasteiger partial charge < -0.3 is 26.1 Å². The number of para-hydroxylation sites is 1. The zero-order chi connectivity index (χ0) is 22.9. The molecule has 0 spiro atoms. The predicted molar refractivity (Wildman–Crippen MR) is 121 cm³/mol. The van der Waals surface area contributed by atoms with Gasteiger partial charge in [0.1, 0.15) is 11.2 Å². The molecule has 2 aromatic carbocycles. The van der Waals surface area contributed by atoms with Gasteiger partial charge in [-0.1, -0.05) is 12.1 Å². The van der Waals surface area contributed by atoms with Crippen LogP contribution < -0.4 is 27.1 Å². The summed E-state index contributed by atoms with van der Waals surface area (Å²) in [4.78, 5) is 48.2. The van der Waals surface area contributed by atoms with Crippen molar-refractivity contribution >= 4 is 39.7 Å². The van der Waals surface area contributed by atoms with Gasteiger partial charge in [0.25, 0.3) is 5.91 Å². The predicted octanol–water partition coefficient (Wildman–Crippen LogP) is 1.04. The molecular weight excluding hydrogens is 412 g/mol. The van der Waals surface area contributed by atoms with Crippen LogP contribution in [0.2, 0.25) is 0 Å². The second-order valence-corrected chi connectivity index (χ2v) is 7.24. The third kappa shape index (κ3) is 5.92. The molecule has 0 fully saturated rings. The standard InChI is InChI=1S/C23H26N4O5/c24-10-8-20(28)26-13-9-21(29)25-11-3-12-27-23(31)15-6-7-19-17(14-15)22(30)16-4-1-2-5-18(16)32-19/h1-2,4-7,14H,3,8-13,24H2,(H,25,29)(H,26,28)(H,27,31). The minimum Gasteiger partial charge on any atom is -0.456 e. The van der Waals surface area contributed by atoms with Crippen LogP contribution in [-0.4, -0.2) is 43.9 Å². The van der Waals surface area contributed by atoms with E-state index < -0.39 is 0 Å². The topological polar surface area (TPSA) is 144 Å². The van der Waals surface area contributed by atoms with Gasteiger partial charge in [-0.2, -0.15) is 0 Å². The van der Waals surface area contributed by atoms with Gasteiger partial charge in [0, 0.05) is 44.6 Å². The maximum Gasteiger partial charge on any atom is 0.251 e. The molecule has 0 unspecified atom stereocenters. The van der Waals surface area contributed by atoms with Crippen LogP contribution in [0.15, 0.2) is 51.7 Å². The molecule has 0 bridgehead atoms. The molecule has 3 amide bonds. The van der Waals surface area contributed by atoms with Crippen LogP contribution in [0.5, 0.6) is 0 Å². The van der Waals surface area contributed by atoms with Crippen LogP contribution in [0, 0.1) is 0 Å². The van der Waals surface area contributed by atoms with Gasteiger partial charge in [0.15, 0.2) is 0 Å². The van der Waals surface area contributed by atoms with Crippen molar-refractivity contribution in [2.24, 2.45) is 5.73 Å². The maximum absolute atomic E-state index is 12.7. The number of carbonyl (C=O) groups excluding carboxylic acids is 3. The molecule has 9 heteroatoms. The van der Waals surface area contributed by atoms with Crippen molar-refractivity contribution in [2.45, 2.75) is 19.3 Å². The van der Waals surface area contributed by atoms with Gasteiger partial charge in [0.05, 0.1) is 10.8 Å². The van der Waals surface area contributed by atoms with Crippen molar-refractivity contribution in [3.8, 4) is 0 Å². The average Bonchev–Trinajstić information content (AvgIpc) is 2.79.